The first-order valence-electron chi connectivity index (χ1n) is 15.7. The van der Waals surface area contributed by atoms with Crippen molar-refractivity contribution in [2.24, 2.45) is 0 Å². The molecule has 1 N–H and O–H groups in total. The fourth-order valence-corrected chi connectivity index (χ4v) is 6.68. The molecule has 1 unspecified atom stereocenters. The number of hydrogen-bond acceptors (Lipinski definition) is 11. The number of ether oxygens (including phenoxy) is 6. The quantitative estimate of drug-likeness (QED) is 0.121. The number of methoxy groups -OCH3 is 5. The molecule has 0 aliphatic carbocycles. The van der Waals surface area contributed by atoms with Crippen LogP contribution in [0.3, 0.4) is 0 Å². The molecule has 2 heterocycles. The predicted molar refractivity (Wildman–Crippen MR) is 195 cm³/mol. The summed E-state index contributed by atoms with van der Waals surface area (Å²) < 4.78 is 40.1. The molecule has 1 atom stereocenters. The Kier molecular flexibility index (Phi) is 10.4. The van der Waals surface area contributed by atoms with E-state index in [1.54, 1.807) is 24.3 Å². The molecule has 0 aliphatic heterocycles. The van der Waals surface area contributed by atoms with Crippen LogP contribution in [0.2, 0.25) is 0 Å². The number of aliphatic hydroxyl groups is 1. The highest BCUT2D eigenvalue weighted by Crippen LogP contribution is 2.44. The third-order valence-corrected chi connectivity index (χ3v) is 9.32. The molecule has 2 aromatic heterocycles. The van der Waals surface area contributed by atoms with Gasteiger partial charge in [-0.25, -0.2) is 4.98 Å². The standard InChI is InChI=1S/C39H37NO9S/c1-22-10-9-11-23(14-22)29-19-34(27-12-7-8-13-28(27)40-29)50-21-25(41)20-48-39-36(42)35-30(44-3)17-26(43-2)18-31(35)49-37(39)24-15-32(45-4)38(47-6)33(16-24)46-5/h7-19,25,41H,20-21H2,1-6H3. The van der Waals surface area contributed by atoms with Crippen molar-refractivity contribution in [1.82, 2.24) is 4.98 Å². The fourth-order valence-electron chi connectivity index (χ4n) is 5.68. The van der Waals surface area contributed by atoms with E-state index in [1.807, 2.05) is 55.5 Å². The summed E-state index contributed by atoms with van der Waals surface area (Å²) in [6.45, 7) is 1.85. The normalized spacial score (nSPS) is 11.7. The smallest absolute Gasteiger partial charge is 0.239 e. The van der Waals surface area contributed by atoms with Crippen LogP contribution in [0.15, 0.2) is 93.0 Å². The van der Waals surface area contributed by atoms with Gasteiger partial charge in [0.05, 0.1) is 52.9 Å². The molecule has 0 saturated heterocycles. The van der Waals surface area contributed by atoms with Crippen molar-refractivity contribution in [3.05, 3.63) is 94.6 Å². The molecular formula is C39H37NO9S. The first-order valence-corrected chi connectivity index (χ1v) is 16.7. The third kappa shape index (κ3) is 6.87. The highest BCUT2D eigenvalue weighted by Gasteiger charge is 2.25. The Bertz CT molecular complexity index is 2210. The van der Waals surface area contributed by atoms with Crippen LogP contribution in [-0.2, 0) is 0 Å². The highest BCUT2D eigenvalue weighted by molar-refractivity contribution is 7.99. The van der Waals surface area contributed by atoms with Crippen LogP contribution in [0, 0.1) is 6.92 Å². The van der Waals surface area contributed by atoms with E-state index in [2.05, 4.69) is 6.07 Å². The van der Waals surface area contributed by atoms with E-state index < -0.39 is 11.5 Å². The van der Waals surface area contributed by atoms with Gasteiger partial charge in [0.1, 0.15) is 29.1 Å². The van der Waals surface area contributed by atoms with Crippen molar-refractivity contribution in [2.45, 2.75) is 17.9 Å². The summed E-state index contributed by atoms with van der Waals surface area (Å²) in [5.74, 6) is 2.02. The Morgan fingerprint density at radius 1 is 0.780 bits per heavy atom. The molecule has 10 nitrogen and oxygen atoms in total. The number of aliphatic hydroxyl groups excluding tert-OH is 1. The highest BCUT2D eigenvalue weighted by atomic mass is 32.2. The molecule has 0 spiro atoms. The van der Waals surface area contributed by atoms with E-state index >= 15 is 0 Å². The molecule has 11 heteroatoms. The third-order valence-electron chi connectivity index (χ3n) is 8.12. The van der Waals surface area contributed by atoms with E-state index in [0.29, 0.717) is 28.6 Å². The van der Waals surface area contributed by atoms with Gasteiger partial charge >= 0.3 is 0 Å². The second-order valence-corrected chi connectivity index (χ2v) is 12.4. The number of benzene rings is 4. The molecule has 4 aromatic carbocycles. The van der Waals surface area contributed by atoms with Gasteiger partial charge in [-0.15, -0.1) is 11.8 Å². The molecule has 0 aliphatic rings. The molecule has 6 rings (SSSR count). The van der Waals surface area contributed by atoms with Crippen molar-refractivity contribution in [2.75, 3.05) is 47.9 Å². The molecule has 6 aromatic rings. The zero-order valence-corrected chi connectivity index (χ0v) is 29.4. The molecule has 50 heavy (non-hydrogen) atoms. The van der Waals surface area contributed by atoms with Gasteiger partial charge in [0.15, 0.2) is 17.3 Å². The second kappa shape index (κ2) is 15.0. The Morgan fingerprint density at radius 2 is 1.52 bits per heavy atom. The van der Waals surface area contributed by atoms with Gasteiger partial charge in [0.25, 0.3) is 0 Å². The van der Waals surface area contributed by atoms with Crippen LogP contribution in [0.1, 0.15) is 5.56 Å². The Morgan fingerprint density at radius 3 is 2.20 bits per heavy atom. The second-order valence-electron chi connectivity index (χ2n) is 11.4. The van der Waals surface area contributed by atoms with Gasteiger partial charge in [-0.2, -0.15) is 0 Å². The lowest BCUT2D eigenvalue weighted by atomic mass is 10.1. The van der Waals surface area contributed by atoms with Crippen LogP contribution < -0.4 is 33.8 Å². The summed E-state index contributed by atoms with van der Waals surface area (Å²) in [4.78, 5) is 20.0. The molecule has 0 amide bonds. The van der Waals surface area contributed by atoms with E-state index in [9.17, 15) is 9.90 Å². The summed E-state index contributed by atoms with van der Waals surface area (Å²) in [6, 6.07) is 24.6. The maximum atomic E-state index is 14.2. The topological polar surface area (TPSA) is 119 Å². The maximum absolute atomic E-state index is 14.2. The number of para-hydroxylation sites is 1. The zero-order chi connectivity index (χ0) is 35.4. The minimum Gasteiger partial charge on any atom is -0.496 e. The minimum absolute atomic E-state index is 0.0971. The van der Waals surface area contributed by atoms with Crippen LogP contribution >= 0.6 is 11.8 Å². The lowest BCUT2D eigenvalue weighted by molar-refractivity contribution is 0.125. The minimum atomic E-state index is -0.963. The van der Waals surface area contributed by atoms with Crippen LogP contribution in [0.25, 0.3) is 44.5 Å². The monoisotopic (exact) mass is 695 g/mol. The molecule has 0 fully saturated rings. The summed E-state index contributed by atoms with van der Waals surface area (Å²) in [6.07, 6.45) is -0.963. The predicted octanol–water partition coefficient (Wildman–Crippen LogP) is 7.56. The van der Waals surface area contributed by atoms with E-state index in [4.69, 9.17) is 37.8 Å². The van der Waals surface area contributed by atoms with Gasteiger partial charge in [-0.05, 0) is 37.3 Å². The molecule has 0 saturated carbocycles. The van der Waals surface area contributed by atoms with Crippen LogP contribution in [-0.4, -0.2) is 64.1 Å². The van der Waals surface area contributed by atoms with Gasteiger partial charge < -0.3 is 37.9 Å². The molecule has 0 radical (unpaired) electrons. The van der Waals surface area contributed by atoms with Gasteiger partial charge in [0, 0.05) is 39.3 Å². The number of nitrogens with zero attached hydrogens (tertiary/aromatic N) is 1. The number of fused-ring (bicyclic) bond motifs is 2. The van der Waals surface area contributed by atoms with Crippen molar-refractivity contribution >= 4 is 33.6 Å². The fraction of sp³-hybridized carbons (Fsp3) is 0.231. The average molecular weight is 696 g/mol. The van der Waals surface area contributed by atoms with Crippen molar-refractivity contribution in [3.63, 3.8) is 0 Å². The maximum Gasteiger partial charge on any atom is 0.239 e. The average Bonchev–Trinajstić information content (AvgIpc) is 3.14. The Balaban J connectivity index is 1.35. The van der Waals surface area contributed by atoms with Crippen molar-refractivity contribution in [3.8, 4) is 57.1 Å². The van der Waals surface area contributed by atoms with Crippen molar-refractivity contribution in [1.29, 1.82) is 0 Å². The molecule has 0 bridgehead atoms. The van der Waals surface area contributed by atoms with Crippen LogP contribution in [0.5, 0.6) is 34.5 Å². The first-order chi connectivity index (χ1) is 24.3. The Hall–Kier alpha value is -5.39. The number of pyridine rings is 1. The molecular weight excluding hydrogens is 658 g/mol. The van der Waals surface area contributed by atoms with Crippen molar-refractivity contribution < 1.29 is 37.9 Å². The molecule has 258 valence electrons. The summed E-state index contributed by atoms with van der Waals surface area (Å²) in [5.41, 5.74) is 4.00. The lowest BCUT2D eigenvalue weighted by Crippen LogP contribution is -2.23. The summed E-state index contributed by atoms with van der Waals surface area (Å²) in [7, 11) is 7.45. The number of aryl methyl sites for hydroxylation is 1. The van der Waals surface area contributed by atoms with Gasteiger partial charge in [-0.1, -0.05) is 42.0 Å². The number of hydrogen-bond donors (Lipinski definition) is 1. The lowest BCUT2D eigenvalue weighted by Gasteiger charge is -2.18. The zero-order valence-electron chi connectivity index (χ0n) is 28.6. The SMILES string of the molecule is COc1cc(OC)c2c(=O)c(OCC(O)CSc3cc(-c4cccc(C)c4)nc4ccccc34)c(-c3cc(OC)c(OC)c(OC)c3)oc2c1. The Labute approximate surface area is 293 Å². The summed E-state index contributed by atoms with van der Waals surface area (Å²) >= 11 is 1.49. The number of thioether (sulfide) groups is 1. The largest absolute Gasteiger partial charge is 0.496 e. The number of rotatable bonds is 13. The van der Waals surface area contributed by atoms with Gasteiger partial charge in [-0.3, -0.25) is 4.79 Å². The number of aromatic nitrogens is 1. The van der Waals surface area contributed by atoms with Crippen LogP contribution in [0.4, 0.5) is 0 Å². The van der Waals surface area contributed by atoms with E-state index in [-0.39, 0.29) is 40.6 Å². The first kappa shape index (κ1) is 34.5. The van der Waals surface area contributed by atoms with E-state index in [0.717, 1.165) is 32.6 Å². The summed E-state index contributed by atoms with van der Waals surface area (Å²) in [5, 5.41) is 12.4. The van der Waals surface area contributed by atoms with E-state index in [1.165, 1.54) is 47.3 Å². The van der Waals surface area contributed by atoms with Gasteiger partial charge in [0.2, 0.25) is 16.9 Å².